The maximum atomic E-state index is 12.4. The number of nitrogens with one attached hydrogen (secondary N) is 1. The van der Waals surface area contributed by atoms with Crippen LogP contribution in [0.15, 0.2) is 24.3 Å². The average molecular weight is 412 g/mol. The Bertz CT molecular complexity index is 829. The third-order valence-corrected chi connectivity index (χ3v) is 5.97. The number of carbonyl (C=O) groups is 2. The molecule has 0 aliphatic heterocycles. The number of carbonyl (C=O) groups excluding carboxylic acids is 2. The Kier molecular flexibility index (Phi) is 5.90. The molecule has 1 amide bonds. The molecule has 26 heavy (non-hydrogen) atoms. The van der Waals surface area contributed by atoms with E-state index in [0.29, 0.717) is 26.5 Å². The van der Waals surface area contributed by atoms with Crippen LogP contribution in [0.25, 0.3) is 0 Å². The lowest BCUT2D eigenvalue weighted by Gasteiger charge is -2.16. The Morgan fingerprint density at radius 1 is 1.23 bits per heavy atom. The van der Waals surface area contributed by atoms with Gasteiger partial charge in [-0.1, -0.05) is 30.1 Å². The van der Waals surface area contributed by atoms with Crippen molar-refractivity contribution >= 4 is 52.1 Å². The average Bonchev–Trinajstić information content (AvgIpc) is 2.96. The summed E-state index contributed by atoms with van der Waals surface area (Å²) in [5.74, 6) is -0.273. The highest BCUT2D eigenvalue weighted by Gasteiger charge is 2.24. The standard InChI is InChI=1S/C19H19Cl2NO3S/c1-10-3-4-16-12(5-10)6-17(26-16)19(24)25-11(2)18(23)22-15-8-13(20)7-14(21)9-15/h6-11H,3-5H2,1-2H3,(H,22,23)/t10-,11-/m1/s1. The lowest BCUT2D eigenvalue weighted by atomic mass is 9.90. The SMILES string of the molecule is C[C@@H]1CCc2sc(C(=O)O[C@H](C)C(=O)Nc3cc(Cl)cc(Cl)c3)cc2C1. The molecule has 7 heteroatoms. The lowest BCUT2D eigenvalue weighted by Crippen LogP contribution is -2.29. The second-order valence-corrected chi connectivity index (χ2v) is 8.61. The van der Waals surface area contributed by atoms with Crippen molar-refractivity contribution in [3.8, 4) is 0 Å². The molecule has 0 spiro atoms. The van der Waals surface area contributed by atoms with Gasteiger partial charge in [-0.2, -0.15) is 0 Å². The summed E-state index contributed by atoms with van der Waals surface area (Å²) in [5, 5.41) is 3.48. The van der Waals surface area contributed by atoms with E-state index in [4.69, 9.17) is 27.9 Å². The highest BCUT2D eigenvalue weighted by Crippen LogP contribution is 2.32. The van der Waals surface area contributed by atoms with Gasteiger partial charge in [-0.05, 0) is 61.9 Å². The van der Waals surface area contributed by atoms with Gasteiger partial charge in [0.1, 0.15) is 4.88 Å². The van der Waals surface area contributed by atoms with Crippen LogP contribution >= 0.6 is 34.5 Å². The molecule has 1 heterocycles. The Labute approximate surface area is 166 Å². The summed E-state index contributed by atoms with van der Waals surface area (Å²) in [6.07, 6.45) is 2.20. The van der Waals surface area contributed by atoms with Crippen LogP contribution < -0.4 is 5.32 Å². The van der Waals surface area contributed by atoms with Gasteiger partial charge >= 0.3 is 5.97 Å². The molecule has 2 atom stereocenters. The number of benzene rings is 1. The molecule has 4 nitrogen and oxygen atoms in total. The molecule has 0 unspecified atom stereocenters. The first-order valence-electron chi connectivity index (χ1n) is 8.41. The number of amides is 1. The quantitative estimate of drug-likeness (QED) is 0.688. The molecule has 138 valence electrons. The second kappa shape index (κ2) is 7.99. The van der Waals surface area contributed by atoms with Crippen LogP contribution in [0.2, 0.25) is 10.0 Å². The Hall–Kier alpha value is -1.56. The summed E-state index contributed by atoms with van der Waals surface area (Å²) in [6.45, 7) is 3.75. The molecule has 0 bridgehead atoms. The number of halogens is 2. The Morgan fingerprint density at radius 2 is 1.92 bits per heavy atom. The highest BCUT2D eigenvalue weighted by atomic mass is 35.5. The predicted molar refractivity (Wildman–Crippen MR) is 105 cm³/mol. The van der Waals surface area contributed by atoms with Crippen molar-refractivity contribution in [2.24, 2.45) is 5.92 Å². The maximum absolute atomic E-state index is 12.4. The van der Waals surface area contributed by atoms with Gasteiger partial charge in [0.25, 0.3) is 5.91 Å². The number of thiophene rings is 1. The normalized spacial score (nSPS) is 17.3. The molecule has 1 aliphatic carbocycles. The Balaban J connectivity index is 1.62. The van der Waals surface area contributed by atoms with Gasteiger partial charge < -0.3 is 10.1 Å². The summed E-state index contributed by atoms with van der Waals surface area (Å²) >= 11 is 13.3. The number of hydrogen-bond donors (Lipinski definition) is 1. The number of rotatable bonds is 4. The van der Waals surface area contributed by atoms with E-state index in [2.05, 4.69) is 12.2 Å². The van der Waals surface area contributed by atoms with E-state index in [1.54, 1.807) is 18.2 Å². The zero-order chi connectivity index (χ0) is 18.8. The predicted octanol–water partition coefficient (Wildman–Crippen LogP) is 5.36. The molecule has 2 aromatic rings. The van der Waals surface area contributed by atoms with Crippen LogP contribution in [0, 0.1) is 5.92 Å². The molecule has 1 aromatic carbocycles. The summed E-state index contributed by atoms with van der Waals surface area (Å²) in [4.78, 5) is 26.5. The third-order valence-electron chi connectivity index (χ3n) is 4.31. The van der Waals surface area contributed by atoms with Gasteiger partial charge in [0, 0.05) is 20.6 Å². The third kappa shape index (κ3) is 4.58. The fourth-order valence-electron chi connectivity index (χ4n) is 2.95. The molecule has 0 saturated heterocycles. The van der Waals surface area contributed by atoms with Crippen molar-refractivity contribution in [1.82, 2.24) is 0 Å². The number of anilines is 1. The summed E-state index contributed by atoms with van der Waals surface area (Å²) in [6, 6.07) is 6.63. The summed E-state index contributed by atoms with van der Waals surface area (Å²) in [5.41, 5.74) is 1.68. The molecular formula is C19H19Cl2NO3S. The number of esters is 1. The fraction of sp³-hybridized carbons (Fsp3) is 0.368. The van der Waals surface area contributed by atoms with E-state index in [-0.39, 0.29) is 0 Å². The van der Waals surface area contributed by atoms with Crippen molar-refractivity contribution in [3.05, 3.63) is 49.6 Å². The van der Waals surface area contributed by atoms with Crippen LogP contribution in [-0.2, 0) is 22.4 Å². The molecule has 0 radical (unpaired) electrons. The summed E-state index contributed by atoms with van der Waals surface area (Å²) < 4.78 is 5.33. The van der Waals surface area contributed by atoms with Crippen LogP contribution in [0.1, 0.15) is 40.4 Å². The summed E-state index contributed by atoms with van der Waals surface area (Å²) in [7, 11) is 0. The first kappa shape index (κ1) is 19.2. The van der Waals surface area contributed by atoms with E-state index < -0.39 is 18.0 Å². The number of fused-ring (bicyclic) bond motifs is 1. The van der Waals surface area contributed by atoms with Crippen molar-refractivity contribution < 1.29 is 14.3 Å². The van der Waals surface area contributed by atoms with E-state index in [1.165, 1.54) is 28.7 Å². The van der Waals surface area contributed by atoms with E-state index >= 15 is 0 Å². The Morgan fingerprint density at radius 3 is 2.62 bits per heavy atom. The molecule has 3 rings (SSSR count). The van der Waals surface area contributed by atoms with E-state index in [1.807, 2.05) is 6.07 Å². The van der Waals surface area contributed by atoms with Gasteiger partial charge in [0.15, 0.2) is 6.10 Å². The van der Waals surface area contributed by atoms with Crippen LogP contribution in [-0.4, -0.2) is 18.0 Å². The highest BCUT2D eigenvalue weighted by molar-refractivity contribution is 7.14. The molecule has 1 N–H and O–H groups in total. The van der Waals surface area contributed by atoms with E-state index in [0.717, 1.165) is 19.3 Å². The fourth-order valence-corrected chi connectivity index (χ4v) is 4.57. The zero-order valence-corrected chi connectivity index (χ0v) is 16.8. The first-order chi connectivity index (χ1) is 12.3. The minimum absolute atomic E-state index is 0.413. The van der Waals surface area contributed by atoms with Gasteiger partial charge in [-0.15, -0.1) is 11.3 Å². The molecule has 0 fully saturated rings. The van der Waals surface area contributed by atoms with Crippen LogP contribution in [0.5, 0.6) is 0 Å². The topological polar surface area (TPSA) is 55.4 Å². The first-order valence-corrected chi connectivity index (χ1v) is 9.98. The second-order valence-electron chi connectivity index (χ2n) is 6.60. The molecule has 1 aromatic heterocycles. The van der Waals surface area contributed by atoms with Crippen molar-refractivity contribution in [3.63, 3.8) is 0 Å². The van der Waals surface area contributed by atoms with Gasteiger partial charge in [0.05, 0.1) is 0 Å². The zero-order valence-electron chi connectivity index (χ0n) is 14.5. The van der Waals surface area contributed by atoms with Gasteiger partial charge in [0.2, 0.25) is 0 Å². The largest absolute Gasteiger partial charge is 0.448 e. The minimum Gasteiger partial charge on any atom is -0.448 e. The monoisotopic (exact) mass is 411 g/mol. The minimum atomic E-state index is -0.932. The van der Waals surface area contributed by atoms with Crippen molar-refractivity contribution in [2.45, 2.75) is 39.2 Å². The molecule has 1 aliphatic rings. The lowest BCUT2D eigenvalue weighted by molar-refractivity contribution is -0.123. The van der Waals surface area contributed by atoms with Crippen LogP contribution in [0.4, 0.5) is 5.69 Å². The number of hydrogen-bond acceptors (Lipinski definition) is 4. The smallest absolute Gasteiger partial charge is 0.349 e. The maximum Gasteiger partial charge on any atom is 0.349 e. The van der Waals surface area contributed by atoms with E-state index in [9.17, 15) is 9.59 Å². The van der Waals surface area contributed by atoms with Crippen molar-refractivity contribution in [2.75, 3.05) is 5.32 Å². The molecular weight excluding hydrogens is 393 g/mol. The van der Waals surface area contributed by atoms with Crippen molar-refractivity contribution in [1.29, 1.82) is 0 Å². The number of ether oxygens (including phenoxy) is 1. The van der Waals surface area contributed by atoms with Gasteiger partial charge in [-0.3, -0.25) is 4.79 Å². The molecule has 0 saturated carbocycles. The number of aryl methyl sites for hydroxylation is 1. The van der Waals surface area contributed by atoms with Crippen LogP contribution in [0.3, 0.4) is 0 Å². The van der Waals surface area contributed by atoms with Gasteiger partial charge in [-0.25, -0.2) is 4.79 Å².